The fraction of sp³-hybridized carbons (Fsp3) is 0.333. The molecular weight excluding hydrogens is 392 g/mol. The maximum atomic E-state index is 13.0. The first kappa shape index (κ1) is 21.0. The van der Waals surface area contributed by atoms with Crippen LogP contribution in [0.15, 0.2) is 53.4 Å². The first-order valence-corrected chi connectivity index (χ1v) is 10.7. The Morgan fingerprint density at radius 1 is 1.17 bits per heavy atom. The Morgan fingerprint density at radius 2 is 1.86 bits per heavy atom. The van der Waals surface area contributed by atoms with Gasteiger partial charge in [0.15, 0.2) is 0 Å². The normalized spacial score (nSPS) is 20.0. The zero-order chi connectivity index (χ0) is 21.0. The number of rotatable bonds is 5. The third kappa shape index (κ3) is 5.01. The van der Waals surface area contributed by atoms with Crippen LogP contribution in [-0.2, 0) is 26.1 Å². The molecule has 0 bridgehead atoms. The molecule has 1 fully saturated rings. The smallest absolute Gasteiger partial charge is 0.338 e. The number of ether oxygens (including phenoxy) is 2. The van der Waals surface area contributed by atoms with Gasteiger partial charge in [-0.3, -0.25) is 0 Å². The summed E-state index contributed by atoms with van der Waals surface area (Å²) in [7, 11) is -3.75. The van der Waals surface area contributed by atoms with Crippen molar-refractivity contribution in [1.29, 1.82) is 5.26 Å². The maximum Gasteiger partial charge on any atom is 0.338 e. The maximum absolute atomic E-state index is 13.0. The second kappa shape index (κ2) is 8.74. The summed E-state index contributed by atoms with van der Waals surface area (Å²) in [5.41, 5.74) is 1.30. The van der Waals surface area contributed by atoms with Gasteiger partial charge in [0.25, 0.3) is 0 Å². The van der Waals surface area contributed by atoms with E-state index in [1.54, 1.807) is 24.3 Å². The van der Waals surface area contributed by atoms with Crippen molar-refractivity contribution in [1.82, 2.24) is 4.31 Å². The number of nitriles is 1. The zero-order valence-corrected chi connectivity index (χ0v) is 17.1. The van der Waals surface area contributed by atoms with E-state index in [1.807, 2.05) is 19.9 Å². The summed E-state index contributed by atoms with van der Waals surface area (Å²) in [5, 5.41) is 8.94. The number of hydrogen-bond donors (Lipinski definition) is 0. The van der Waals surface area contributed by atoms with E-state index in [-0.39, 0.29) is 42.4 Å². The Hall–Kier alpha value is -2.73. The molecule has 29 heavy (non-hydrogen) atoms. The van der Waals surface area contributed by atoms with Crippen molar-refractivity contribution in [2.75, 3.05) is 13.1 Å². The highest BCUT2D eigenvalue weighted by Crippen LogP contribution is 2.22. The van der Waals surface area contributed by atoms with Crippen molar-refractivity contribution in [3.05, 3.63) is 65.2 Å². The van der Waals surface area contributed by atoms with Gasteiger partial charge in [-0.1, -0.05) is 18.2 Å². The molecular formula is C21H22N2O5S. The third-order valence-electron chi connectivity index (χ3n) is 4.52. The van der Waals surface area contributed by atoms with Gasteiger partial charge in [-0.05, 0) is 49.7 Å². The number of sulfonamides is 1. The molecule has 0 unspecified atom stereocenters. The average molecular weight is 414 g/mol. The van der Waals surface area contributed by atoms with E-state index in [1.165, 1.54) is 28.6 Å². The lowest BCUT2D eigenvalue weighted by molar-refractivity contribution is -0.0440. The summed E-state index contributed by atoms with van der Waals surface area (Å²) in [6.07, 6.45) is -0.406. The van der Waals surface area contributed by atoms with E-state index in [0.717, 1.165) is 0 Å². The van der Waals surface area contributed by atoms with Crippen LogP contribution >= 0.6 is 0 Å². The minimum absolute atomic E-state index is 0.0101. The zero-order valence-electron chi connectivity index (χ0n) is 16.2. The van der Waals surface area contributed by atoms with E-state index >= 15 is 0 Å². The summed E-state index contributed by atoms with van der Waals surface area (Å²) < 4.78 is 38.2. The number of benzene rings is 2. The van der Waals surface area contributed by atoms with Crippen LogP contribution in [-0.4, -0.2) is 44.0 Å². The lowest BCUT2D eigenvalue weighted by Crippen LogP contribution is -2.48. The molecule has 0 spiro atoms. The van der Waals surface area contributed by atoms with Crippen LogP contribution in [0.2, 0.25) is 0 Å². The van der Waals surface area contributed by atoms with Gasteiger partial charge >= 0.3 is 5.97 Å². The summed E-state index contributed by atoms with van der Waals surface area (Å²) in [5.74, 6) is -0.631. The monoisotopic (exact) mass is 414 g/mol. The summed E-state index contributed by atoms with van der Waals surface area (Å²) in [4.78, 5) is 12.5. The van der Waals surface area contributed by atoms with Crippen LogP contribution in [0.1, 0.15) is 35.3 Å². The molecule has 152 valence electrons. The fourth-order valence-electron chi connectivity index (χ4n) is 3.22. The van der Waals surface area contributed by atoms with Gasteiger partial charge in [0, 0.05) is 13.1 Å². The highest BCUT2D eigenvalue weighted by atomic mass is 32.2. The highest BCUT2D eigenvalue weighted by Gasteiger charge is 2.32. The van der Waals surface area contributed by atoms with Crippen LogP contribution in [0.4, 0.5) is 0 Å². The van der Waals surface area contributed by atoms with Crippen molar-refractivity contribution < 1.29 is 22.7 Å². The van der Waals surface area contributed by atoms with Gasteiger partial charge in [-0.25, -0.2) is 13.2 Å². The quantitative estimate of drug-likeness (QED) is 0.698. The number of hydrogen-bond acceptors (Lipinski definition) is 6. The van der Waals surface area contributed by atoms with Crippen molar-refractivity contribution >= 4 is 16.0 Å². The molecule has 0 saturated carbocycles. The molecule has 0 radical (unpaired) electrons. The molecule has 1 heterocycles. The van der Waals surface area contributed by atoms with Crippen LogP contribution in [0.3, 0.4) is 0 Å². The van der Waals surface area contributed by atoms with Crippen molar-refractivity contribution in [2.45, 2.75) is 37.6 Å². The predicted molar refractivity (Wildman–Crippen MR) is 105 cm³/mol. The molecule has 0 N–H and O–H groups in total. The molecule has 3 rings (SSSR count). The van der Waals surface area contributed by atoms with Gasteiger partial charge in [0.2, 0.25) is 10.0 Å². The molecule has 1 saturated heterocycles. The van der Waals surface area contributed by atoms with Crippen LogP contribution < -0.4 is 0 Å². The van der Waals surface area contributed by atoms with Gasteiger partial charge in [-0.15, -0.1) is 0 Å². The Kier molecular flexibility index (Phi) is 6.33. The van der Waals surface area contributed by atoms with Gasteiger partial charge in [0.1, 0.15) is 6.61 Å². The fourth-order valence-corrected chi connectivity index (χ4v) is 4.86. The lowest BCUT2D eigenvalue weighted by Gasteiger charge is -2.34. The van der Waals surface area contributed by atoms with Gasteiger partial charge < -0.3 is 9.47 Å². The summed E-state index contributed by atoms with van der Waals surface area (Å²) in [6.45, 7) is 4.16. The molecule has 0 amide bonds. The minimum Gasteiger partial charge on any atom is -0.457 e. The topological polar surface area (TPSA) is 96.7 Å². The molecule has 2 atom stereocenters. The Balaban J connectivity index is 1.74. The first-order chi connectivity index (χ1) is 13.8. The third-order valence-corrected chi connectivity index (χ3v) is 6.35. The van der Waals surface area contributed by atoms with Crippen LogP contribution in [0, 0.1) is 11.3 Å². The van der Waals surface area contributed by atoms with E-state index < -0.39 is 16.0 Å². The van der Waals surface area contributed by atoms with E-state index in [4.69, 9.17) is 14.7 Å². The first-order valence-electron chi connectivity index (χ1n) is 9.21. The SMILES string of the molecule is C[C@@H]1CN(S(=O)(=O)c2cccc(C(=O)OCc3cccc(C#N)c3)c2)C[C@@H](C)O1. The molecule has 7 nitrogen and oxygen atoms in total. The Labute approximate surface area is 170 Å². The average Bonchev–Trinajstić information content (AvgIpc) is 2.71. The number of nitrogens with zero attached hydrogens (tertiary/aromatic N) is 2. The molecule has 0 aromatic heterocycles. The van der Waals surface area contributed by atoms with Crippen molar-refractivity contribution in [3.63, 3.8) is 0 Å². The van der Waals surface area contributed by atoms with Crippen molar-refractivity contribution in [3.8, 4) is 6.07 Å². The molecule has 8 heteroatoms. The number of esters is 1. The number of morpholine rings is 1. The molecule has 2 aromatic rings. The second-order valence-corrected chi connectivity index (χ2v) is 8.93. The molecule has 2 aromatic carbocycles. The highest BCUT2D eigenvalue weighted by molar-refractivity contribution is 7.89. The Morgan fingerprint density at radius 3 is 2.55 bits per heavy atom. The van der Waals surface area contributed by atoms with Crippen LogP contribution in [0.5, 0.6) is 0 Å². The molecule has 1 aliphatic heterocycles. The summed E-state index contributed by atoms with van der Waals surface area (Å²) in [6, 6.07) is 14.6. The van der Waals surface area contributed by atoms with E-state index in [9.17, 15) is 13.2 Å². The van der Waals surface area contributed by atoms with E-state index in [0.29, 0.717) is 11.1 Å². The molecule has 1 aliphatic rings. The van der Waals surface area contributed by atoms with Gasteiger partial charge in [-0.2, -0.15) is 9.57 Å². The van der Waals surface area contributed by atoms with Gasteiger partial charge in [0.05, 0.1) is 34.3 Å². The predicted octanol–water partition coefficient (Wildman–Crippen LogP) is 2.71. The van der Waals surface area contributed by atoms with Crippen molar-refractivity contribution in [2.24, 2.45) is 0 Å². The largest absolute Gasteiger partial charge is 0.457 e. The Bertz CT molecular complexity index is 1040. The molecule has 0 aliphatic carbocycles. The minimum atomic E-state index is -3.75. The van der Waals surface area contributed by atoms with E-state index in [2.05, 4.69) is 0 Å². The lowest BCUT2D eigenvalue weighted by atomic mass is 10.1. The number of carbonyl (C=O) groups excluding carboxylic acids is 1. The standard InChI is InChI=1S/C21H22N2O5S/c1-15-12-23(13-16(2)28-15)29(25,26)20-8-4-7-19(10-20)21(24)27-14-18-6-3-5-17(9-18)11-22/h3-10,15-16H,12-14H2,1-2H3/t15-,16-/m1/s1. The number of carbonyl (C=O) groups is 1. The second-order valence-electron chi connectivity index (χ2n) is 7.00. The van der Waals surface area contributed by atoms with Crippen LogP contribution in [0.25, 0.3) is 0 Å². The summed E-state index contributed by atoms with van der Waals surface area (Å²) >= 11 is 0.